The van der Waals surface area contributed by atoms with Crippen LogP contribution in [0.4, 0.5) is 5.95 Å². The lowest BCUT2D eigenvalue weighted by Gasteiger charge is -2.25. The Labute approximate surface area is 76.6 Å². The molecule has 1 fully saturated rings. The van der Waals surface area contributed by atoms with Crippen molar-refractivity contribution in [3.63, 3.8) is 0 Å². The van der Waals surface area contributed by atoms with Crippen molar-refractivity contribution < 1.29 is 4.79 Å². The highest BCUT2D eigenvalue weighted by atomic mass is 16.1. The van der Waals surface area contributed by atoms with E-state index in [4.69, 9.17) is 0 Å². The zero-order valence-corrected chi connectivity index (χ0v) is 7.31. The van der Waals surface area contributed by atoms with E-state index in [2.05, 4.69) is 9.97 Å². The van der Waals surface area contributed by atoms with Gasteiger partial charge in [0.1, 0.15) is 0 Å². The van der Waals surface area contributed by atoms with Gasteiger partial charge in [-0.15, -0.1) is 0 Å². The minimum Gasteiger partial charge on any atom is -0.333 e. The first-order valence-corrected chi connectivity index (χ1v) is 4.40. The van der Waals surface area contributed by atoms with Crippen LogP contribution in [0.2, 0.25) is 0 Å². The molecule has 0 bridgehead atoms. The van der Waals surface area contributed by atoms with Crippen molar-refractivity contribution in [3.8, 4) is 0 Å². The second-order valence-corrected chi connectivity index (χ2v) is 3.11. The molecule has 1 saturated heterocycles. The highest BCUT2D eigenvalue weighted by Crippen LogP contribution is 2.11. The molecule has 4 heteroatoms. The van der Waals surface area contributed by atoms with Crippen molar-refractivity contribution in [1.29, 1.82) is 0 Å². The maximum atomic E-state index is 11.1. The quantitative estimate of drug-likeness (QED) is 0.631. The molecule has 0 aliphatic carbocycles. The van der Waals surface area contributed by atoms with Crippen LogP contribution in [0.3, 0.4) is 0 Å². The van der Waals surface area contributed by atoms with Gasteiger partial charge in [0.2, 0.25) is 5.95 Å². The molecule has 0 unspecified atom stereocenters. The van der Waals surface area contributed by atoms with Gasteiger partial charge in [-0.2, -0.15) is 0 Å². The van der Waals surface area contributed by atoms with Crippen LogP contribution < -0.4 is 4.90 Å². The van der Waals surface area contributed by atoms with Crippen molar-refractivity contribution in [2.75, 3.05) is 18.0 Å². The average molecular weight is 177 g/mol. The zero-order valence-electron chi connectivity index (χ0n) is 7.31. The third-order valence-corrected chi connectivity index (χ3v) is 2.09. The molecule has 2 rings (SSSR count). The fourth-order valence-electron chi connectivity index (χ4n) is 1.46. The Bertz CT molecular complexity index is 299. The van der Waals surface area contributed by atoms with Crippen LogP contribution in [0, 0.1) is 0 Å². The number of Topliss-reactive ketones (excluding diaryl/α,β-unsaturated/α-hetero) is 1. The Morgan fingerprint density at radius 2 is 2.08 bits per heavy atom. The van der Waals surface area contributed by atoms with Gasteiger partial charge < -0.3 is 4.90 Å². The van der Waals surface area contributed by atoms with Crippen molar-refractivity contribution in [2.45, 2.75) is 12.8 Å². The molecule has 2 heterocycles. The summed E-state index contributed by atoms with van der Waals surface area (Å²) in [5, 5.41) is 0. The Morgan fingerprint density at radius 1 is 1.31 bits per heavy atom. The fraction of sp³-hybridized carbons (Fsp3) is 0.444. The highest BCUT2D eigenvalue weighted by Gasteiger charge is 2.18. The molecule has 1 aliphatic heterocycles. The Hall–Kier alpha value is -1.45. The average Bonchev–Trinajstić information content (AvgIpc) is 2.19. The van der Waals surface area contributed by atoms with Crippen LogP contribution in [0.5, 0.6) is 0 Å². The number of ketones is 1. The van der Waals surface area contributed by atoms with E-state index in [1.54, 1.807) is 18.5 Å². The third kappa shape index (κ3) is 1.83. The van der Waals surface area contributed by atoms with Gasteiger partial charge in [-0.25, -0.2) is 9.97 Å². The minimum absolute atomic E-state index is 0.277. The number of carbonyl (C=O) groups excluding carboxylic acids is 1. The predicted molar refractivity (Wildman–Crippen MR) is 48.5 cm³/mol. The first-order valence-electron chi connectivity index (χ1n) is 4.40. The van der Waals surface area contributed by atoms with Crippen molar-refractivity contribution in [1.82, 2.24) is 9.97 Å². The Balaban J connectivity index is 2.13. The first-order chi connectivity index (χ1) is 6.36. The van der Waals surface area contributed by atoms with E-state index in [0.717, 1.165) is 13.0 Å². The van der Waals surface area contributed by atoms with Crippen molar-refractivity contribution in [3.05, 3.63) is 18.5 Å². The number of hydrogen-bond acceptors (Lipinski definition) is 4. The normalized spacial score (nSPS) is 17.5. The summed E-state index contributed by atoms with van der Waals surface area (Å²) >= 11 is 0. The second-order valence-electron chi connectivity index (χ2n) is 3.11. The van der Waals surface area contributed by atoms with Gasteiger partial charge in [-0.3, -0.25) is 4.79 Å². The van der Waals surface area contributed by atoms with E-state index in [1.807, 2.05) is 4.90 Å². The van der Waals surface area contributed by atoms with Crippen LogP contribution in [0.15, 0.2) is 18.5 Å². The Morgan fingerprint density at radius 3 is 2.77 bits per heavy atom. The molecule has 1 aromatic rings. The first kappa shape index (κ1) is 8.16. The van der Waals surface area contributed by atoms with Gasteiger partial charge in [0.25, 0.3) is 0 Å². The lowest BCUT2D eigenvalue weighted by atomic mass is 10.1. The number of carbonyl (C=O) groups is 1. The summed E-state index contributed by atoms with van der Waals surface area (Å²) in [4.78, 5) is 21.3. The number of hydrogen-bond donors (Lipinski definition) is 0. The smallest absolute Gasteiger partial charge is 0.225 e. The summed E-state index contributed by atoms with van der Waals surface area (Å²) < 4.78 is 0. The molecule has 1 aliphatic rings. The summed E-state index contributed by atoms with van der Waals surface area (Å²) in [5.74, 6) is 0.939. The zero-order chi connectivity index (χ0) is 9.10. The van der Waals surface area contributed by atoms with Crippen LogP contribution >= 0.6 is 0 Å². The molecule has 0 aromatic carbocycles. The molecule has 13 heavy (non-hydrogen) atoms. The van der Waals surface area contributed by atoms with Gasteiger partial charge in [0.05, 0.1) is 6.54 Å². The van der Waals surface area contributed by atoms with Gasteiger partial charge in [0, 0.05) is 25.4 Å². The van der Waals surface area contributed by atoms with Crippen LogP contribution in [-0.2, 0) is 4.79 Å². The fourth-order valence-corrected chi connectivity index (χ4v) is 1.46. The molecule has 0 N–H and O–H groups in total. The molecular weight excluding hydrogens is 166 g/mol. The van der Waals surface area contributed by atoms with Gasteiger partial charge in [-0.1, -0.05) is 0 Å². The highest BCUT2D eigenvalue weighted by molar-refractivity contribution is 5.84. The van der Waals surface area contributed by atoms with E-state index < -0.39 is 0 Å². The minimum atomic E-state index is 0.277. The molecule has 0 amide bonds. The van der Waals surface area contributed by atoms with E-state index >= 15 is 0 Å². The van der Waals surface area contributed by atoms with Gasteiger partial charge in [0.15, 0.2) is 5.78 Å². The summed E-state index contributed by atoms with van der Waals surface area (Å²) in [6.07, 6.45) is 5.00. The molecule has 0 saturated carbocycles. The summed E-state index contributed by atoms with van der Waals surface area (Å²) in [7, 11) is 0. The molecule has 0 atom stereocenters. The lowest BCUT2D eigenvalue weighted by Crippen LogP contribution is -2.36. The standard InChI is InChI=1S/C9H11N3O/c13-8-3-1-6-12(7-8)9-10-4-2-5-11-9/h2,4-5H,1,3,6-7H2. The molecule has 0 spiro atoms. The largest absolute Gasteiger partial charge is 0.333 e. The summed E-state index contributed by atoms with van der Waals surface area (Å²) in [6, 6.07) is 1.77. The topological polar surface area (TPSA) is 46.1 Å². The number of aromatic nitrogens is 2. The van der Waals surface area contributed by atoms with E-state index in [-0.39, 0.29) is 5.78 Å². The maximum Gasteiger partial charge on any atom is 0.225 e. The molecular formula is C9H11N3O. The van der Waals surface area contributed by atoms with Crippen molar-refractivity contribution in [2.24, 2.45) is 0 Å². The van der Waals surface area contributed by atoms with Crippen LogP contribution in [-0.4, -0.2) is 28.8 Å². The molecule has 4 nitrogen and oxygen atoms in total. The van der Waals surface area contributed by atoms with E-state index in [9.17, 15) is 4.79 Å². The number of piperidine rings is 1. The van der Waals surface area contributed by atoms with Crippen molar-refractivity contribution >= 4 is 11.7 Å². The van der Waals surface area contributed by atoms with Crippen LogP contribution in [0.25, 0.3) is 0 Å². The maximum absolute atomic E-state index is 11.1. The van der Waals surface area contributed by atoms with E-state index in [0.29, 0.717) is 18.9 Å². The van der Waals surface area contributed by atoms with Gasteiger partial charge in [-0.05, 0) is 12.5 Å². The SMILES string of the molecule is O=C1CCCN(c2ncccn2)C1. The monoisotopic (exact) mass is 177 g/mol. The Kier molecular flexibility index (Phi) is 2.21. The number of nitrogens with zero attached hydrogens (tertiary/aromatic N) is 3. The summed E-state index contributed by atoms with van der Waals surface area (Å²) in [5.41, 5.74) is 0. The number of anilines is 1. The molecule has 1 aromatic heterocycles. The third-order valence-electron chi connectivity index (χ3n) is 2.09. The summed E-state index contributed by atoms with van der Waals surface area (Å²) in [6.45, 7) is 1.35. The van der Waals surface area contributed by atoms with Gasteiger partial charge >= 0.3 is 0 Å². The second kappa shape index (κ2) is 3.51. The number of rotatable bonds is 1. The lowest BCUT2D eigenvalue weighted by molar-refractivity contribution is -0.118. The molecule has 0 radical (unpaired) electrons. The van der Waals surface area contributed by atoms with E-state index in [1.165, 1.54) is 0 Å². The predicted octanol–water partition coefficient (Wildman–Crippen LogP) is 0.646. The molecule has 68 valence electrons. The van der Waals surface area contributed by atoms with Crippen LogP contribution in [0.1, 0.15) is 12.8 Å².